The highest BCUT2D eigenvalue weighted by Gasteiger charge is 2.23. The number of morpholine rings is 1. The first-order chi connectivity index (χ1) is 13.6. The monoisotopic (exact) mass is 394 g/mol. The second-order valence-corrected chi connectivity index (χ2v) is 8.18. The number of ether oxygens (including phenoxy) is 1. The summed E-state index contributed by atoms with van der Waals surface area (Å²) in [4.78, 5) is 24.0. The molecule has 1 fully saturated rings. The Morgan fingerprint density at radius 2 is 2.14 bits per heavy atom. The largest absolute Gasteiger partial charge is 0.369 e. The van der Waals surface area contributed by atoms with Gasteiger partial charge in [0.25, 0.3) is 0 Å². The third-order valence-electron chi connectivity index (χ3n) is 4.80. The number of amides is 1. The molecule has 1 aliphatic heterocycles. The van der Waals surface area contributed by atoms with E-state index in [9.17, 15) is 4.79 Å². The Balaban J connectivity index is 1.46. The number of nitrogens with two attached hydrogens (primary N) is 1. The molecule has 1 aliphatic rings. The van der Waals surface area contributed by atoms with Crippen LogP contribution in [0.1, 0.15) is 32.0 Å². The van der Waals surface area contributed by atoms with Crippen molar-refractivity contribution in [2.45, 2.75) is 19.6 Å². The Labute approximate surface area is 168 Å². The summed E-state index contributed by atoms with van der Waals surface area (Å²) in [5.74, 6) is -0.432. The van der Waals surface area contributed by atoms with Gasteiger partial charge in [0.1, 0.15) is 6.10 Å². The first-order valence-corrected chi connectivity index (χ1v) is 10.0. The Morgan fingerprint density at radius 1 is 1.25 bits per heavy atom. The second kappa shape index (κ2) is 8.18. The third kappa shape index (κ3) is 4.27. The predicted molar refractivity (Wildman–Crippen MR) is 109 cm³/mol. The Morgan fingerprint density at radius 3 is 2.86 bits per heavy atom. The first kappa shape index (κ1) is 18.7. The van der Waals surface area contributed by atoms with E-state index in [1.54, 1.807) is 23.5 Å². The van der Waals surface area contributed by atoms with Gasteiger partial charge in [0, 0.05) is 48.0 Å². The SMILES string of the molecule is Cc1ncc(CN2CCO[C@H](c3ccc(-c4cccc(C(N)=O)c4)cn3)C2)s1. The number of benzene rings is 1. The van der Waals surface area contributed by atoms with E-state index < -0.39 is 5.91 Å². The van der Waals surface area contributed by atoms with Crippen molar-refractivity contribution in [2.24, 2.45) is 5.73 Å². The minimum atomic E-state index is -0.432. The molecule has 6 nitrogen and oxygen atoms in total. The number of pyridine rings is 1. The lowest BCUT2D eigenvalue weighted by Crippen LogP contribution is -2.37. The molecule has 0 radical (unpaired) electrons. The van der Waals surface area contributed by atoms with Crippen molar-refractivity contribution in [3.63, 3.8) is 0 Å². The molecule has 2 aromatic heterocycles. The lowest BCUT2D eigenvalue weighted by atomic mass is 10.0. The van der Waals surface area contributed by atoms with Crippen LogP contribution in [0.2, 0.25) is 0 Å². The van der Waals surface area contributed by atoms with E-state index in [0.717, 1.165) is 41.5 Å². The summed E-state index contributed by atoms with van der Waals surface area (Å²) >= 11 is 1.74. The highest BCUT2D eigenvalue weighted by atomic mass is 32.1. The summed E-state index contributed by atoms with van der Waals surface area (Å²) < 4.78 is 5.96. The maximum absolute atomic E-state index is 11.4. The number of rotatable bonds is 5. The number of primary amides is 1. The number of nitrogens with zero attached hydrogens (tertiary/aromatic N) is 3. The quantitative estimate of drug-likeness (QED) is 0.719. The van der Waals surface area contributed by atoms with Gasteiger partial charge in [-0.15, -0.1) is 11.3 Å². The van der Waals surface area contributed by atoms with Gasteiger partial charge in [0.15, 0.2) is 0 Å². The maximum atomic E-state index is 11.4. The molecular formula is C21H22N4O2S. The van der Waals surface area contributed by atoms with Gasteiger partial charge in [-0.1, -0.05) is 18.2 Å². The van der Waals surface area contributed by atoms with Gasteiger partial charge in [-0.25, -0.2) is 4.98 Å². The number of aryl methyl sites for hydroxylation is 1. The molecule has 0 bridgehead atoms. The lowest BCUT2D eigenvalue weighted by molar-refractivity contribution is -0.0346. The molecule has 1 amide bonds. The minimum Gasteiger partial charge on any atom is -0.369 e. The zero-order chi connectivity index (χ0) is 19.5. The molecule has 28 heavy (non-hydrogen) atoms. The van der Waals surface area contributed by atoms with Crippen LogP contribution < -0.4 is 5.73 Å². The van der Waals surface area contributed by atoms with Crippen LogP contribution in [0.15, 0.2) is 48.8 Å². The summed E-state index contributed by atoms with van der Waals surface area (Å²) in [6.45, 7) is 5.32. The summed E-state index contributed by atoms with van der Waals surface area (Å²) in [7, 11) is 0. The van der Waals surface area contributed by atoms with E-state index in [2.05, 4.69) is 14.9 Å². The molecule has 1 atom stereocenters. The maximum Gasteiger partial charge on any atom is 0.248 e. The summed E-state index contributed by atoms with van der Waals surface area (Å²) in [6, 6.07) is 11.3. The first-order valence-electron chi connectivity index (χ1n) is 9.20. The van der Waals surface area contributed by atoms with Gasteiger partial charge in [0.05, 0.1) is 17.3 Å². The van der Waals surface area contributed by atoms with E-state index in [1.165, 1.54) is 4.88 Å². The van der Waals surface area contributed by atoms with Gasteiger partial charge >= 0.3 is 0 Å². The molecule has 0 aliphatic carbocycles. The molecule has 3 heterocycles. The van der Waals surface area contributed by atoms with E-state index in [1.807, 2.05) is 43.6 Å². The Kier molecular flexibility index (Phi) is 5.47. The molecule has 7 heteroatoms. The molecule has 144 valence electrons. The number of hydrogen-bond acceptors (Lipinski definition) is 6. The average Bonchev–Trinajstić information content (AvgIpc) is 3.13. The van der Waals surface area contributed by atoms with Crippen molar-refractivity contribution in [2.75, 3.05) is 19.7 Å². The molecular weight excluding hydrogens is 372 g/mol. The second-order valence-electron chi connectivity index (χ2n) is 6.86. The van der Waals surface area contributed by atoms with Crippen molar-refractivity contribution in [3.05, 3.63) is 69.9 Å². The normalized spacial score (nSPS) is 17.5. The standard InChI is InChI=1S/C21H22N4O2S/c1-14-23-11-18(28-14)12-25-7-8-27-20(13-25)19-6-5-17(10-24-19)15-3-2-4-16(9-15)21(22)26/h2-6,9-11,20H,7-8,12-13H2,1H3,(H2,22,26)/t20-/m0/s1. The zero-order valence-electron chi connectivity index (χ0n) is 15.7. The fourth-order valence-electron chi connectivity index (χ4n) is 3.34. The fraction of sp³-hybridized carbons (Fsp3) is 0.286. The van der Waals surface area contributed by atoms with E-state index in [0.29, 0.717) is 12.2 Å². The smallest absolute Gasteiger partial charge is 0.248 e. The predicted octanol–water partition coefficient (Wildman–Crippen LogP) is 3.19. The van der Waals surface area contributed by atoms with E-state index in [4.69, 9.17) is 10.5 Å². The van der Waals surface area contributed by atoms with Gasteiger partial charge in [-0.05, 0) is 30.7 Å². The molecule has 1 saturated heterocycles. The van der Waals surface area contributed by atoms with Crippen LogP contribution in [0, 0.1) is 6.92 Å². The zero-order valence-corrected chi connectivity index (χ0v) is 16.5. The molecule has 0 spiro atoms. The van der Waals surface area contributed by atoms with Crippen LogP contribution in [0.3, 0.4) is 0 Å². The molecule has 1 aromatic carbocycles. The van der Waals surface area contributed by atoms with Gasteiger partial charge in [0.2, 0.25) is 5.91 Å². The van der Waals surface area contributed by atoms with Crippen molar-refractivity contribution in [3.8, 4) is 11.1 Å². The molecule has 3 aromatic rings. The number of carbonyl (C=O) groups excluding carboxylic acids is 1. The molecule has 0 saturated carbocycles. The molecule has 2 N–H and O–H groups in total. The Bertz CT molecular complexity index is 971. The minimum absolute atomic E-state index is 0.0474. The molecule has 0 unspecified atom stereocenters. The van der Waals surface area contributed by atoms with E-state index in [-0.39, 0.29) is 6.10 Å². The fourth-order valence-corrected chi connectivity index (χ4v) is 4.18. The average molecular weight is 395 g/mol. The van der Waals surface area contributed by atoms with E-state index >= 15 is 0 Å². The van der Waals surface area contributed by atoms with Crippen LogP contribution >= 0.6 is 11.3 Å². The van der Waals surface area contributed by atoms with Crippen molar-refractivity contribution >= 4 is 17.2 Å². The van der Waals surface area contributed by atoms with Gasteiger partial charge in [-0.2, -0.15) is 0 Å². The molecule has 4 rings (SSSR count). The van der Waals surface area contributed by atoms with Gasteiger partial charge in [-0.3, -0.25) is 14.7 Å². The van der Waals surface area contributed by atoms with Crippen LogP contribution in [0.4, 0.5) is 0 Å². The van der Waals surface area contributed by atoms with Crippen LogP contribution in [0.5, 0.6) is 0 Å². The third-order valence-corrected chi connectivity index (χ3v) is 5.69. The number of aromatic nitrogens is 2. The summed E-state index contributed by atoms with van der Waals surface area (Å²) in [5, 5.41) is 1.09. The van der Waals surface area contributed by atoms with Gasteiger partial charge < -0.3 is 10.5 Å². The topological polar surface area (TPSA) is 81.3 Å². The van der Waals surface area contributed by atoms with Crippen LogP contribution in [-0.2, 0) is 11.3 Å². The van der Waals surface area contributed by atoms with Crippen molar-refractivity contribution < 1.29 is 9.53 Å². The summed E-state index contributed by atoms with van der Waals surface area (Å²) in [6.07, 6.45) is 3.73. The number of thiazole rings is 1. The Hall–Kier alpha value is -2.61. The highest BCUT2D eigenvalue weighted by Crippen LogP contribution is 2.26. The lowest BCUT2D eigenvalue weighted by Gasteiger charge is -2.32. The number of carbonyl (C=O) groups is 1. The van der Waals surface area contributed by atoms with Crippen LogP contribution in [-0.4, -0.2) is 40.5 Å². The van der Waals surface area contributed by atoms with Crippen LogP contribution in [0.25, 0.3) is 11.1 Å². The van der Waals surface area contributed by atoms with Crippen molar-refractivity contribution in [1.82, 2.24) is 14.9 Å². The summed E-state index contributed by atoms with van der Waals surface area (Å²) in [5.41, 5.74) is 8.64. The van der Waals surface area contributed by atoms with Crippen molar-refractivity contribution in [1.29, 1.82) is 0 Å². The highest BCUT2D eigenvalue weighted by molar-refractivity contribution is 7.11. The number of hydrogen-bond donors (Lipinski definition) is 1.